The predicted molar refractivity (Wildman–Crippen MR) is 60.1 cm³/mol. The molecule has 0 saturated carbocycles. The summed E-state index contributed by atoms with van der Waals surface area (Å²) in [7, 11) is -3.41. The van der Waals surface area contributed by atoms with Gasteiger partial charge in [0.15, 0.2) is 0 Å². The van der Waals surface area contributed by atoms with Crippen molar-refractivity contribution in [1.82, 2.24) is 4.72 Å². The van der Waals surface area contributed by atoms with E-state index in [9.17, 15) is 8.42 Å². The van der Waals surface area contributed by atoms with Gasteiger partial charge in [-0.3, -0.25) is 0 Å². The van der Waals surface area contributed by atoms with Crippen LogP contribution in [-0.2, 0) is 10.0 Å². The van der Waals surface area contributed by atoms with Crippen molar-refractivity contribution < 1.29 is 8.42 Å². The minimum atomic E-state index is -3.41. The predicted octanol–water partition coefficient (Wildman–Crippen LogP) is 1.97. The highest BCUT2D eigenvalue weighted by Gasteiger charge is 2.12. The van der Waals surface area contributed by atoms with Crippen molar-refractivity contribution in [1.29, 1.82) is 0 Å². The SMILES string of the molecule is O=S(=O)(NCCCl)c1cccc(Br)c1. The number of alkyl halides is 1. The Bertz CT molecular complexity index is 408. The molecule has 0 bridgehead atoms. The summed E-state index contributed by atoms with van der Waals surface area (Å²) in [6.07, 6.45) is 0. The zero-order chi connectivity index (χ0) is 10.6. The molecular weight excluding hydrogens is 290 g/mol. The lowest BCUT2D eigenvalue weighted by molar-refractivity contribution is 0.584. The van der Waals surface area contributed by atoms with Gasteiger partial charge in [-0.1, -0.05) is 22.0 Å². The smallest absolute Gasteiger partial charge is 0.210 e. The Morgan fingerprint density at radius 1 is 1.43 bits per heavy atom. The van der Waals surface area contributed by atoms with Gasteiger partial charge in [-0.15, -0.1) is 11.6 Å². The molecule has 14 heavy (non-hydrogen) atoms. The third-order valence-electron chi connectivity index (χ3n) is 1.49. The summed E-state index contributed by atoms with van der Waals surface area (Å²) in [6.45, 7) is 0.233. The monoisotopic (exact) mass is 297 g/mol. The summed E-state index contributed by atoms with van der Waals surface area (Å²) in [5, 5.41) is 0. The van der Waals surface area contributed by atoms with Gasteiger partial charge in [0, 0.05) is 16.9 Å². The van der Waals surface area contributed by atoms with Crippen LogP contribution in [0.2, 0.25) is 0 Å². The molecule has 0 aliphatic heterocycles. The molecule has 0 spiro atoms. The van der Waals surface area contributed by atoms with Crippen molar-refractivity contribution in [2.24, 2.45) is 0 Å². The number of hydrogen-bond donors (Lipinski definition) is 1. The summed E-state index contributed by atoms with van der Waals surface area (Å²) in [5.41, 5.74) is 0. The molecular formula is C8H9BrClNO2S. The molecule has 1 rings (SSSR count). The quantitative estimate of drug-likeness (QED) is 0.864. The molecule has 0 radical (unpaired) electrons. The first-order chi connectivity index (χ1) is 6.56. The number of sulfonamides is 1. The zero-order valence-electron chi connectivity index (χ0n) is 7.20. The molecule has 0 fully saturated rings. The first-order valence-electron chi connectivity index (χ1n) is 3.87. The minimum absolute atomic E-state index is 0.233. The Kier molecular flexibility index (Phi) is 4.37. The lowest BCUT2D eigenvalue weighted by Gasteiger charge is -2.04. The van der Waals surface area contributed by atoms with Crippen LogP contribution in [0.3, 0.4) is 0 Å². The largest absolute Gasteiger partial charge is 0.240 e. The molecule has 0 heterocycles. The average molecular weight is 299 g/mol. The molecule has 78 valence electrons. The first-order valence-corrected chi connectivity index (χ1v) is 6.68. The van der Waals surface area contributed by atoms with Crippen molar-refractivity contribution in [3.05, 3.63) is 28.7 Å². The van der Waals surface area contributed by atoms with E-state index in [4.69, 9.17) is 11.6 Å². The molecule has 0 unspecified atom stereocenters. The highest BCUT2D eigenvalue weighted by molar-refractivity contribution is 9.10. The van der Waals surface area contributed by atoms with Crippen molar-refractivity contribution in [3.63, 3.8) is 0 Å². The zero-order valence-corrected chi connectivity index (χ0v) is 10.4. The van der Waals surface area contributed by atoms with Crippen LogP contribution in [0, 0.1) is 0 Å². The fourth-order valence-electron chi connectivity index (χ4n) is 0.890. The van der Waals surface area contributed by atoms with Crippen LogP contribution in [0.25, 0.3) is 0 Å². The first kappa shape index (κ1) is 12.0. The van der Waals surface area contributed by atoms with Crippen LogP contribution < -0.4 is 4.72 Å². The third kappa shape index (κ3) is 3.24. The lowest BCUT2D eigenvalue weighted by atomic mass is 10.4. The topological polar surface area (TPSA) is 46.2 Å². The maximum atomic E-state index is 11.6. The van der Waals surface area contributed by atoms with E-state index in [-0.39, 0.29) is 17.3 Å². The second-order valence-corrected chi connectivity index (χ2v) is 5.60. The molecule has 0 atom stereocenters. The van der Waals surface area contributed by atoms with Crippen LogP contribution in [0.15, 0.2) is 33.6 Å². The molecule has 0 aromatic heterocycles. The van der Waals surface area contributed by atoms with Crippen LogP contribution in [0.5, 0.6) is 0 Å². The van der Waals surface area contributed by atoms with Crippen LogP contribution in [-0.4, -0.2) is 20.8 Å². The molecule has 1 aromatic rings. The maximum absolute atomic E-state index is 11.6. The summed E-state index contributed by atoms with van der Waals surface area (Å²) >= 11 is 8.59. The fraction of sp³-hybridized carbons (Fsp3) is 0.250. The molecule has 0 saturated heterocycles. The maximum Gasteiger partial charge on any atom is 0.240 e. The van der Waals surface area contributed by atoms with Crippen molar-refractivity contribution in [3.8, 4) is 0 Å². The summed E-state index contributed by atoms with van der Waals surface area (Å²) in [6, 6.07) is 6.50. The standard InChI is InChI=1S/C8H9BrClNO2S/c9-7-2-1-3-8(6-7)14(12,13)11-5-4-10/h1-3,6,11H,4-5H2. The van der Waals surface area contributed by atoms with Gasteiger partial charge >= 0.3 is 0 Å². The van der Waals surface area contributed by atoms with Gasteiger partial charge in [-0.05, 0) is 18.2 Å². The number of halogens is 2. The Morgan fingerprint density at radius 2 is 2.14 bits per heavy atom. The Labute approximate surface area is 96.6 Å². The van der Waals surface area contributed by atoms with Gasteiger partial charge in [-0.2, -0.15) is 0 Å². The molecule has 0 amide bonds. The molecule has 6 heteroatoms. The van der Waals surface area contributed by atoms with E-state index >= 15 is 0 Å². The van der Waals surface area contributed by atoms with Gasteiger partial charge < -0.3 is 0 Å². The molecule has 1 aromatic carbocycles. The lowest BCUT2D eigenvalue weighted by Crippen LogP contribution is -2.25. The van der Waals surface area contributed by atoms with E-state index in [1.54, 1.807) is 12.1 Å². The number of hydrogen-bond acceptors (Lipinski definition) is 2. The van der Waals surface area contributed by atoms with E-state index in [0.29, 0.717) is 0 Å². The number of rotatable bonds is 4. The number of nitrogens with one attached hydrogen (secondary N) is 1. The van der Waals surface area contributed by atoms with Crippen LogP contribution in [0.1, 0.15) is 0 Å². The van der Waals surface area contributed by atoms with Crippen molar-refractivity contribution in [2.45, 2.75) is 4.90 Å². The highest BCUT2D eigenvalue weighted by atomic mass is 79.9. The van der Waals surface area contributed by atoms with Crippen LogP contribution in [0.4, 0.5) is 0 Å². The van der Waals surface area contributed by atoms with E-state index in [0.717, 1.165) is 4.47 Å². The third-order valence-corrected chi connectivity index (χ3v) is 3.63. The van der Waals surface area contributed by atoms with Crippen molar-refractivity contribution >= 4 is 37.6 Å². The van der Waals surface area contributed by atoms with Gasteiger partial charge in [0.25, 0.3) is 0 Å². The highest BCUT2D eigenvalue weighted by Crippen LogP contribution is 2.15. The summed E-state index contributed by atoms with van der Waals surface area (Å²) < 4.78 is 26.2. The summed E-state index contributed by atoms with van der Waals surface area (Å²) in [5.74, 6) is 0.257. The molecule has 3 nitrogen and oxygen atoms in total. The van der Waals surface area contributed by atoms with Gasteiger partial charge in [0.05, 0.1) is 4.90 Å². The second kappa shape index (κ2) is 5.11. The minimum Gasteiger partial charge on any atom is -0.210 e. The second-order valence-electron chi connectivity index (χ2n) is 2.54. The van der Waals surface area contributed by atoms with Gasteiger partial charge in [0.1, 0.15) is 0 Å². The van der Waals surface area contributed by atoms with E-state index in [1.165, 1.54) is 12.1 Å². The molecule has 0 aliphatic carbocycles. The van der Waals surface area contributed by atoms with Gasteiger partial charge in [0.2, 0.25) is 10.0 Å². The van der Waals surface area contributed by atoms with E-state index < -0.39 is 10.0 Å². The van der Waals surface area contributed by atoms with Gasteiger partial charge in [-0.25, -0.2) is 13.1 Å². The van der Waals surface area contributed by atoms with E-state index in [1.807, 2.05) is 0 Å². The molecule has 1 N–H and O–H groups in total. The van der Waals surface area contributed by atoms with E-state index in [2.05, 4.69) is 20.7 Å². The van der Waals surface area contributed by atoms with Crippen LogP contribution >= 0.6 is 27.5 Å². The molecule has 0 aliphatic rings. The Balaban J connectivity index is 2.93. The summed E-state index contributed by atoms with van der Waals surface area (Å²) in [4.78, 5) is 0.233. The number of benzene rings is 1. The average Bonchev–Trinajstić information content (AvgIpc) is 2.15. The fourth-order valence-corrected chi connectivity index (χ4v) is 2.73. The Hall–Kier alpha value is -0.100. The normalized spacial score (nSPS) is 11.6. The Morgan fingerprint density at radius 3 is 2.71 bits per heavy atom. The van der Waals surface area contributed by atoms with Crippen molar-refractivity contribution in [2.75, 3.05) is 12.4 Å².